The number of aromatic nitrogens is 2. The second-order valence-corrected chi connectivity index (χ2v) is 8.57. The monoisotopic (exact) mass is 452 g/mol. The number of para-hydroxylation sites is 1. The molecule has 0 radical (unpaired) electrons. The second kappa shape index (κ2) is 8.42. The Kier molecular flexibility index (Phi) is 5.48. The van der Waals surface area contributed by atoms with Crippen molar-refractivity contribution in [1.82, 2.24) is 9.97 Å². The molecular weight excluding hydrogens is 431 g/mol. The highest BCUT2D eigenvalue weighted by molar-refractivity contribution is 6.39. The molecule has 31 heavy (non-hydrogen) atoms. The number of nitrogens with one attached hydrogen (secondary N) is 3. The van der Waals surface area contributed by atoms with E-state index in [9.17, 15) is 5.11 Å². The number of aromatic amines is 1. The molecule has 0 saturated heterocycles. The van der Waals surface area contributed by atoms with Crippen LogP contribution in [-0.4, -0.2) is 21.6 Å². The first-order valence-corrected chi connectivity index (χ1v) is 11.1. The van der Waals surface area contributed by atoms with Gasteiger partial charge in [-0.05, 0) is 54.7 Å². The van der Waals surface area contributed by atoms with Crippen molar-refractivity contribution in [2.24, 2.45) is 0 Å². The van der Waals surface area contributed by atoms with Crippen LogP contribution in [0.3, 0.4) is 0 Å². The normalized spacial score (nSPS) is 15.3. The SMILES string of the molecule is OC1CCc2c(Nc3cc(Cl)c(NCCc4c[nH]c5ccccc45)c(Cl)c3)ccnc21. The highest BCUT2D eigenvalue weighted by Gasteiger charge is 2.24. The summed E-state index contributed by atoms with van der Waals surface area (Å²) in [5, 5.41) is 19.2. The van der Waals surface area contributed by atoms with Crippen molar-refractivity contribution < 1.29 is 5.11 Å². The number of halogens is 2. The number of pyridine rings is 1. The third-order valence-corrected chi connectivity index (χ3v) is 6.36. The maximum absolute atomic E-state index is 10.1. The van der Waals surface area contributed by atoms with Crippen molar-refractivity contribution >= 4 is 51.2 Å². The molecule has 4 aromatic rings. The molecule has 0 spiro atoms. The largest absolute Gasteiger partial charge is 0.387 e. The number of benzene rings is 2. The van der Waals surface area contributed by atoms with Gasteiger partial charge in [-0.15, -0.1) is 0 Å². The summed E-state index contributed by atoms with van der Waals surface area (Å²) < 4.78 is 0. The van der Waals surface area contributed by atoms with Crippen molar-refractivity contribution in [2.45, 2.75) is 25.4 Å². The van der Waals surface area contributed by atoms with E-state index in [0.29, 0.717) is 23.0 Å². The van der Waals surface area contributed by atoms with Gasteiger partial charge in [-0.3, -0.25) is 4.98 Å². The molecule has 1 aliphatic carbocycles. The predicted octanol–water partition coefficient (Wildman–Crippen LogP) is 6.25. The summed E-state index contributed by atoms with van der Waals surface area (Å²) in [6.07, 6.45) is 5.60. The molecule has 1 atom stereocenters. The summed E-state index contributed by atoms with van der Waals surface area (Å²) in [6, 6.07) is 13.9. The van der Waals surface area contributed by atoms with E-state index < -0.39 is 6.10 Å². The van der Waals surface area contributed by atoms with Gasteiger partial charge < -0.3 is 20.7 Å². The van der Waals surface area contributed by atoms with Crippen LogP contribution in [0.5, 0.6) is 0 Å². The molecule has 1 aliphatic rings. The Morgan fingerprint density at radius 2 is 1.94 bits per heavy atom. The Morgan fingerprint density at radius 1 is 1.13 bits per heavy atom. The van der Waals surface area contributed by atoms with E-state index in [1.165, 1.54) is 10.9 Å². The molecule has 0 saturated carbocycles. The summed E-state index contributed by atoms with van der Waals surface area (Å²) in [5.41, 5.74) is 6.63. The lowest BCUT2D eigenvalue weighted by Gasteiger charge is -2.15. The average molecular weight is 453 g/mol. The lowest BCUT2D eigenvalue weighted by Crippen LogP contribution is -2.06. The highest BCUT2D eigenvalue weighted by atomic mass is 35.5. The molecule has 5 rings (SSSR count). The van der Waals surface area contributed by atoms with E-state index in [4.69, 9.17) is 23.2 Å². The van der Waals surface area contributed by atoms with Crippen LogP contribution >= 0.6 is 23.2 Å². The number of rotatable bonds is 6. The van der Waals surface area contributed by atoms with Crippen LogP contribution in [0.2, 0.25) is 10.0 Å². The maximum Gasteiger partial charge on any atom is 0.0966 e. The molecule has 0 bridgehead atoms. The maximum atomic E-state index is 10.1. The number of fused-ring (bicyclic) bond motifs is 2. The van der Waals surface area contributed by atoms with Gasteiger partial charge in [0, 0.05) is 41.2 Å². The Balaban J connectivity index is 1.30. The summed E-state index contributed by atoms with van der Waals surface area (Å²) >= 11 is 13.1. The fraction of sp³-hybridized carbons (Fsp3) is 0.208. The number of nitrogens with zero attached hydrogens (tertiary/aromatic N) is 1. The number of hydrogen-bond acceptors (Lipinski definition) is 4. The molecule has 1 unspecified atom stereocenters. The summed E-state index contributed by atoms with van der Waals surface area (Å²) in [5.74, 6) is 0. The van der Waals surface area contributed by atoms with Crippen LogP contribution in [0.1, 0.15) is 29.3 Å². The smallest absolute Gasteiger partial charge is 0.0966 e. The van der Waals surface area contributed by atoms with Gasteiger partial charge >= 0.3 is 0 Å². The van der Waals surface area contributed by atoms with Crippen LogP contribution in [0.15, 0.2) is 54.9 Å². The Hall–Kier alpha value is -2.73. The van der Waals surface area contributed by atoms with Gasteiger partial charge in [0.1, 0.15) is 0 Å². The van der Waals surface area contributed by atoms with E-state index in [2.05, 4.69) is 32.7 Å². The van der Waals surface area contributed by atoms with Gasteiger partial charge in [-0.1, -0.05) is 41.4 Å². The zero-order chi connectivity index (χ0) is 21.4. The molecule has 7 heteroatoms. The summed E-state index contributed by atoms with van der Waals surface area (Å²) in [6.45, 7) is 0.712. The average Bonchev–Trinajstić information content (AvgIpc) is 3.35. The molecule has 158 valence electrons. The zero-order valence-electron chi connectivity index (χ0n) is 16.8. The van der Waals surface area contributed by atoms with Crippen LogP contribution in [0.4, 0.5) is 17.1 Å². The molecule has 2 aromatic heterocycles. The lowest BCUT2D eigenvalue weighted by atomic mass is 10.1. The minimum absolute atomic E-state index is 0.493. The van der Waals surface area contributed by atoms with E-state index in [-0.39, 0.29) is 0 Å². The molecular formula is C24H22Cl2N4O. The van der Waals surface area contributed by atoms with E-state index in [0.717, 1.165) is 46.7 Å². The molecule has 0 fully saturated rings. The summed E-state index contributed by atoms with van der Waals surface area (Å²) in [7, 11) is 0. The molecule has 2 aromatic carbocycles. The number of aliphatic hydroxyl groups is 1. The number of H-pyrrole nitrogens is 1. The van der Waals surface area contributed by atoms with Crippen molar-refractivity contribution in [3.05, 3.63) is 81.7 Å². The van der Waals surface area contributed by atoms with Crippen molar-refractivity contribution in [3.8, 4) is 0 Å². The second-order valence-electron chi connectivity index (χ2n) is 7.75. The third kappa shape index (κ3) is 3.97. The number of aliphatic hydroxyl groups excluding tert-OH is 1. The summed E-state index contributed by atoms with van der Waals surface area (Å²) in [4.78, 5) is 7.61. The van der Waals surface area contributed by atoms with Gasteiger partial charge in [0.25, 0.3) is 0 Å². The van der Waals surface area contributed by atoms with E-state index in [1.807, 2.05) is 36.5 Å². The van der Waals surface area contributed by atoms with Crippen LogP contribution in [-0.2, 0) is 12.8 Å². The lowest BCUT2D eigenvalue weighted by molar-refractivity contribution is 0.176. The first kappa shape index (κ1) is 20.2. The van der Waals surface area contributed by atoms with Crippen molar-refractivity contribution in [1.29, 1.82) is 0 Å². The standard InChI is InChI=1S/C24H22Cl2N4O/c25-18-11-15(30-21-8-10-27-23-17(21)5-6-22(23)31)12-19(26)24(18)28-9-7-14-13-29-20-4-2-1-3-16(14)20/h1-4,8,10-13,22,28-29,31H,5-7,9H2,(H,27,30). The van der Waals surface area contributed by atoms with Crippen LogP contribution < -0.4 is 10.6 Å². The zero-order valence-corrected chi connectivity index (χ0v) is 18.3. The molecule has 0 amide bonds. The first-order valence-electron chi connectivity index (χ1n) is 10.3. The van der Waals surface area contributed by atoms with Gasteiger partial charge in [-0.2, -0.15) is 0 Å². The fourth-order valence-corrected chi connectivity index (χ4v) is 4.84. The Labute approximate surface area is 190 Å². The Morgan fingerprint density at radius 3 is 2.77 bits per heavy atom. The predicted molar refractivity (Wildman–Crippen MR) is 128 cm³/mol. The van der Waals surface area contributed by atoms with Gasteiger partial charge in [-0.25, -0.2) is 0 Å². The van der Waals surface area contributed by atoms with E-state index in [1.54, 1.807) is 6.20 Å². The van der Waals surface area contributed by atoms with Crippen LogP contribution in [0, 0.1) is 0 Å². The third-order valence-electron chi connectivity index (χ3n) is 5.76. The number of hydrogen-bond donors (Lipinski definition) is 4. The first-order chi connectivity index (χ1) is 15.1. The molecule has 0 aliphatic heterocycles. The van der Waals surface area contributed by atoms with Gasteiger partial charge in [0.15, 0.2) is 0 Å². The Bertz CT molecular complexity index is 1230. The quantitative estimate of drug-likeness (QED) is 0.279. The highest BCUT2D eigenvalue weighted by Crippen LogP contribution is 2.38. The molecule has 4 N–H and O–H groups in total. The molecule has 5 nitrogen and oxygen atoms in total. The molecule has 2 heterocycles. The minimum Gasteiger partial charge on any atom is -0.387 e. The van der Waals surface area contributed by atoms with E-state index >= 15 is 0 Å². The fourth-order valence-electron chi connectivity index (χ4n) is 4.22. The van der Waals surface area contributed by atoms with Crippen molar-refractivity contribution in [3.63, 3.8) is 0 Å². The van der Waals surface area contributed by atoms with Gasteiger partial charge in [0.2, 0.25) is 0 Å². The number of anilines is 3. The van der Waals surface area contributed by atoms with Crippen molar-refractivity contribution in [2.75, 3.05) is 17.2 Å². The topological polar surface area (TPSA) is 73.0 Å². The van der Waals surface area contributed by atoms with Crippen LogP contribution in [0.25, 0.3) is 10.9 Å². The minimum atomic E-state index is -0.493. The van der Waals surface area contributed by atoms with Gasteiger partial charge in [0.05, 0.1) is 27.5 Å².